The first-order chi connectivity index (χ1) is 9.14. The highest BCUT2D eigenvalue weighted by atomic mass is 127. The maximum Gasteiger partial charge on any atom is 0.0505 e. The third-order valence-corrected chi connectivity index (χ3v) is 5.70. The number of hydrogen-bond acceptors (Lipinski definition) is 2. The van der Waals surface area contributed by atoms with Crippen molar-refractivity contribution in [1.82, 2.24) is 5.32 Å². The summed E-state index contributed by atoms with van der Waals surface area (Å²) in [6.07, 6.45) is 4.01. The summed E-state index contributed by atoms with van der Waals surface area (Å²) in [6.45, 7) is 6.99. The quantitative estimate of drug-likeness (QED) is 0.818. The second-order valence-electron chi connectivity index (χ2n) is 6.21. The number of piperazine rings is 1. The van der Waals surface area contributed by atoms with E-state index in [1.807, 2.05) is 0 Å². The highest BCUT2D eigenvalue weighted by molar-refractivity contribution is 14.1. The molecule has 3 rings (SSSR count). The molecular formula is C16H23IN2. The summed E-state index contributed by atoms with van der Waals surface area (Å²) in [5.74, 6) is 0.883. The molecule has 1 aromatic carbocycles. The van der Waals surface area contributed by atoms with Crippen LogP contribution in [0.4, 0.5) is 5.69 Å². The largest absolute Gasteiger partial charge is 0.365 e. The van der Waals surface area contributed by atoms with Crippen molar-refractivity contribution in [2.24, 2.45) is 5.92 Å². The van der Waals surface area contributed by atoms with Gasteiger partial charge in [0.25, 0.3) is 0 Å². The summed E-state index contributed by atoms with van der Waals surface area (Å²) in [5.41, 5.74) is 1.73. The summed E-state index contributed by atoms with van der Waals surface area (Å²) in [4.78, 5) is 2.65. The van der Waals surface area contributed by atoms with Crippen LogP contribution in [-0.4, -0.2) is 24.7 Å². The van der Waals surface area contributed by atoms with Gasteiger partial charge in [0.05, 0.1) is 5.69 Å². The Kier molecular flexibility index (Phi) is 3.78. The Hall–Kier alpha value is -0.290. The van der Waals surface area contributed by atoms with Crippen LogP contribution in [0.2, 0.25) is 0 Å². The summed E-state index contributed by atoms with van der Waals surface area (Å²) in [5, 5.41) is 3.83. The van der Waals surface area contributed by atoms with Crippen LogP contribution in [-0.2, 0) is 0 Å². The van der Waals surface area contributed by atoms with Crippen molar-refractivity contribution >= 4 is 28.3 Å². The molecule has 1 saturated heterocycles. The molecule has 1 aliphatic heterocycles. The molecule has 0 amide bonds. The topological polar surface area (TPSA) is 15.3 Å². The number of anilines is 1. The lowest BCUT2D eigenvalue weighted by atomic mass is 9.90. The molecule has 2 atom stereocenters. The minimum atomic E-state index is 0.310. The van der Waals surface area contributed by atoms with E-state index in [1.54, 1.807) is 0 Å². The molecule has 0 radical (unpaired) electrons. The van der Waals surface area contributed by atoms with Crippen LogP contribution >= 0.6 is 22.6 Å². The van der Waals surface area contributed by atoms with Crippen LogP contribution in [0, 0.1) is 9.49 Å². The smallest absolute Gasteiger partial charge is 0.0505 e. The lowest BCUT2D eigenvalue weighted by Crippen LogP contribution is -2.64. The zero-order chi connectivity index (χ0) is 13.5. The maximum atomic E-state index is 3.83. The Balaban J connectivity index is 1.89. The highest BCUT2D eigenvalue weighted by Gasteiger charge is 2.45. The number of hydrogen-bond donors (Lipinski definition) is 1. The van der Waals surface area contributed by atoms with Gasteiger partial charge in [-0.25, -0.2) is 0 Å². The van der Waals surface area contributed by atoms with Gasteiger partial charge in [-0.2, -0.15) is 0 Å². The molecule has 1 aliphatic carbocycles. The molecular weight excluding hydrogens is 347 g/mol. The van der Waals surface area contributed by atoms with Gasteiger partial charge in [0.15, 0.2) is 0 Å². The number of rotatable bonds is 3. The van der Waals surface area contributed by atoms with E-state index in [9.17, 15) is 0 Å². The minimum absolute atomic E-state index is 0.310. The zero-order valence-electron chi connectivity index (χ0n) is 11.8. The second-order valence-corrected chi connectivity index (χ2v) is 7.38. The van der Waals surface area contributed by atoms with E-state index >= 15 is 0 Å². The number of nitrogens with zero attached hydrogens (tertiary/aromatic N) is 1. The van der Waals surface area contributed by atoms with Crippen LogP contribution in [0.1, 0.15) is 33.1 Å². The predicted octanol–water partition coefficient (Wildman–Crippen LogP) is 3.65. The fourth-order valence-electron chi connectivity index (χ4n) is 3.33. The van der Waals surface area contributed by atoms with Crippen molar-refractivity contribution in [3.8, 4) is 0 Å². The van der Waals surface area contributed by atoms with E-state index in [1.165, 1.54) is 28.5 Å². The van der Waals surface area contributed by atoms with Gasteiger partial charge < -0.3 is 10.2 Å². The van der Waals surface area contributed by atoms with Crippen LogP contribution < -0.4 is 10.2 Å². The maximum absolute atomic E-state index is 3.83. The zero-order valence-corrected chi connectivity index (χ0v) is 14.0. The van der Waals surface area contributed by atoms with Gasteiger partial charge in [-0.05, 0) is 66.8 Å². The van der Waals surface area contributed by atoms with Crippen molar-refractivity contribution in [2.75, 3.05) is 18.0 Å². The monoisotopic (exact) mass is 370 g/mol. The van der Waals surface area contributed by atoms with Gasteiger partial charge in [0, 0.05) is 28.2 Å². The summed E-state index contributed by atoms with van der Waals surface area (Å²) >= 11 is 2.47. The molecule has 1 aromatic rings. The third-order valence-electron chi connectivity index (χ3n) is 4.79. The van der Waals surface area contributed by atoms with Gasteiger partial charge in [-0.3, -0.25) is 0 Å². The molecule has 2 aliphatic rings. The molecule has 19 heavy (non-hydrogen) atoms. The van der Waals surface area contributed by atoms with E-state index in [4.69, 9.17) is 0 Å². The molecule has 104 valence electrons. The van der Waals surface area contributed by atoms with Crippen LogP contribution in [0.3, 0.4) is 0 Å². The second kappa shape index (κ2) is 5.24. The number of nitrogens with one attached hydrogen (secondary N) is 1. The lowest BCUT2D eigenvalue weighted by molar-refractivity contribution is 0.252. The first-order valence-electron chi connectivity index (χ1n) is 7.40. The number of para-hydroxylation sites is 1. The molecule has 2 unspecified atom stereocenters. The number of benzene rings is 1. The van der Waals surface area contributed by atoms with Crippen molar-refractivity contribution in [3.63, 3.8) is 0 Å². The van der Waals surface area contributed by atoms with Gasteiger partial charge in [0.1, 0.15) is 0 Å². The lowest BCUT2D eigenvalue weighted by Gasteiger charge is -2.48. The number of halogens is 1. The minimum Gasteiger partial charge on any atom is -0.365 e. The Labute approximate surface area is 130 Å². The summed E-state index contributed by atoms with van der Waals surface area (Å²) in [7, 11) is 0. The Morgan fingerprint density at radius 2 is 2.11 bits per heavy atom. The molecule has 2 nitrogen and oxygen atoms in total. The Morgan fingerprint density at radius 1 is 1.37 bits per heavy atom. The van der Waals surface area contributed by atoms with E-state index in [0.717, 1.165) is 19.0 Å². The highest BCUT2D eigenvalue weighted by Crippen LogP contribution is 2.42. The SMILES string of the molecule is CCC1CNC(C)(C2CC2)CN1c1ccccc1I. The van der Waals surface area contributed by atoms with E-state index in [0.29, 0.717) is 11.6 Å². The molecule has 0 spiro atoms. The van der Waals surface area contributed by atoms with Gasteiger partial charge in [-0.1, -0.05) is 19.1 Å². The molecule has 1 heterocycles. The summed E-state index contributed by atoms with van der Waals surface area (Å²) < 4.78 is 1.37. The molecule has 0 bridgehead atoms. The third kappa shape index (κ3) is 2.64. The molecule has 3 heteroatoms. The van der Waals surface area contributed by atoms with Crippen LogP contribution in [0.5, 0.6) is 0 Å². The van der Waals surface area contributed by atoms with Crippen molar-refractivity contribution in [2.45, 2.75) is 44.7 Å². The van der Waals surface area contributed by atoms with Gasteiger partial charge in [-0.15, -0.1) is 0 Å². The summed E-state index contributed by atoms with van der Waals surface area (Å²) in [6, 6.07) is 9.43. The standard InChI is InChI=1S/C16H23IN2/c1-3-13-10-18-16(2,12-8-9-12)11-19(13)15-7-5-4-6-14(15)17/h4-7,12-13,18H,3,8-11H2,1-2H3. The van der Waals surface area contributed by atoms with Crippen LogP contribution in [0.15, 0.2) is 24.3 Å². The van der Waals surface area contributed by atoms with Crippen molar-refractivity contribution in [1.29, 1.82) is 0 Å². The van der Waals surface area contributed by atoms with E-state index < -0.39 is 0 Å². The molecule has 0 aromatic heterocycles. The average molecular weight is 370 g/mol. The first kappa shape index (κ1) is 13.7. The Morgan fingerprint density at radius 3 is 2.74 bits per heavy atom. The van der Waals surface area contributed by atoms with Crippen molar-refractivity contribution < 1.29 is 0 Å². The normalized spacial score (nSPS) is 31.5. The molecule has 1 N–H and O–H groups in total. The molecule has 2 fully saturated rings. The Bertz CT molecular complexity index is 458. The van der Waals surface area contributed by atoms with Gasteiger partial charge in [0.2, 0.25) is 0 Å². The average Bonchev–Trinajstić information content (AvgIpc) is 3.24. The van der Waals surface area contributed by atoms with Crippen molar-refractivity contribution in [3.05, 3.63) is 27.8 Å². The fourth-order valence-corrected chi connectivity index (χ4v) is 4.02. The first-order valence-corrected chi connectivity index (χ1v) is 8.48. The van der Waals surface area contributed by atoms with E-state index in [-0.39, 0.29) is 0 Å². The molecule has 1 saturated carbocycles. The van der Waals surface area contributed by atoms with Crippen LogP contribution in [0.25, 0.3) is 0 Å². The predicted molar refractivity (Wildman–Crippen MR) is 89.7 cm³/mol. The fraction of sp³-hybridized carbons (Fsp3) is 0.625. The van der Waals surface area contributed by atoms with E-state index in [2.05, 4.69) is 70.9 Å². The van der Waals surface area contributed by atoms with Gasteiger partial charge >= 0.3 is 0 Å².